The summed E-state index contributed by atoms with van der Waals surface area (Å²) in [5.41, 5.74) is 8.03. The van der Waals surface area contributed by atoms with Gasteiger partial charge in [0.05, 0.1) is 5.69 Å². The molecule has 4 nitrogen and oxygen atoms in total. The van der Waals surface area contributed by atoms with Crippen LogP contribution in [0, 0.1) is 0 Å². The van der Waals surface area contributed by atoms with Crippen molar-refractivity contribution in [2.75, 3.05) is 5.73 Å². The van der Waals surface area contributed by atoms with Crippen molar-refractivity contribution in [2.24, 2.45) is 0 Å². The molecule has 3 aromatic rings. The van der Waals surface area contributed by atoms with Gasteiger partial charge < -0.3 is 5.73 Å². The van der Waals surface area contributed by atoms with Crippen LogP contribution in [0.5, 0.6) is 0 Å². The summed E-state index contributed by atoms with van der Waals surface area (Å²) in [6, 6.07) is 7.46. The lowest BCUT2D eigenvalue weighted by Crippen LogP contribution is -1.86. The van der Waals surface area contributed by atoms with Crippen LogP contribution in [-0.2, 0) is 0 Å². The number of thiazole rings is 1. The number of nitrogens with zero attached hydrogens (tertiary/aromatic N) is 3. The van der Waals surface area contributed by atoms with E-state index in [1.54, 1.807) is 6.20 Å². The maximum atomic E-state index is 6.03. The third-order valence-corrected chi connectivity index (χ3v) is 3.40. The number of hydrogen-bond acceptors (Lipinski definition) is 5. The third kappa shape index (κ3) is 1.83. The summed E-state index contributed by atoms with van der Waals surface area (Å²) >= 11 is 7.39. The number of rotatable bonds is 1. The zero-order chi connectivity index (χ0) is 11.8. The van der Waals surface area contributed by atoms with Gasteiger partial charge in [0.25, 0.3) is 0 Å². The summed E-state index contributed by atoms with van der Waals surface area (Å²) in [6.45, 7) is 0. The minimum atomic E-state index is 0.442. The number of aromatic nitrogens is 3. The van der Waals surface area contributed by atoms with Crippen LogP contribution < -0.4 is 5.73 Å². The number of hydrogen-bond donors (Lipinski definition) is 1. The highest BCUT2D eigenvalue weighted by molar-refractivity contribution is 7.21. The van der Waals surface area contributed by atoms with Gasteiger partial charge in [-0.05, 0) is 24.3 Å². The average Bonchev–Trinajstić information content (AvgIpc) is 2.68. The Bertz CT molecular complexity index is 695. The maximum Gasteiger partial charge on any atom is 0.182 e. The molecule has 0 aromatic carbocycles. The molecule has 2 N–H and O–H groups in total. The lowest BCUT2D eigenvalue weighted by molar-refractivity contribution is 1.30. The minimum Gasteiger partial charge on any atom is -0.375 e. The van der Waals surface area contributed by atoms with Crippen LogP contribution in [-0.4, -0.2) is 15.0 Å². The van der Waals surface area contributed by atoms with Crippen LogP contribution in [0.2, 0.25) is 5.15 Å². The van der Waals surface area contributed by atoms with E-state index in [0.717, 1.165) is 21.6 Å². The Morgan fingerprint density at radius 2 is 2.06 bits per heavy atom. The molecule has 0 atom stereocenters. The molecule has 84 valence electrons. The highest BCUT2D eigenvalue weighted by atomic mass is 35.5. The van der Waals surface area contributed by atoms with Crippen molar-refractivity contribution in [1.82, 2.24) is 15.0 Å². The Hall–Kier alpha value is -1.72. The van der Waals surface area contributed by atoms with Crippen molar-refractivity contribution in [3.63, 3.8) is 0 Å². The van der Waals surface area contributed by atoms with Gasteiger partial charge in [-0.25, -0.2) is 15.0 Å². The van der Waals surface area contributed by atoms with Gasteiger partial charge >= 0.3 is 0 Å². The van der Waals surface area contributed by atoms with Gasteiger partial charge in [0, 0.05) is 11.8 Å². The van der Waals surface area contributed by atoms with Crippen LogP contribution in [0.15, 0.2) is 30.5 Å². The number of pyridine rings is 2. The first-order valence-corrected chi connectivity index (χ1v) is 6.07. The number of nitrogen functional groups attached to an aromatic ring is 1. The van der Waals surface area contributed by atoms with Crippen molar-refractivity contribution in [2.45, 2.75) is 0 Å². The fourth-order valence-electron chi connectivity index (χ4n) is 1.56. The van der Waals surface area contributed by atoms with Crippen LogP contribution in [0.1, 0.15) is 0 Å². The zero-order valence-electron chi connectivity index (χ0n) is 8.59. The predicted molar refractivity (Wildman–Crippen MR) is 70.1 cm³/mol. The van der Waals surface area contributed by atoms with Crippen molar-refractivity contribution in [1.29, 1.82) is 0 Å². The number of anilines is 1. The second-order valence-corrected chi connectivity index (χ2v) is 4.78. The molecule has 0 saturated carbocycles. The van der Waals surface area contributed by atoms with E-state index in [9.17, 15) is 0 Å². The Balaban J connectivity index is 2.21. The molecule has 0 amide bonds. The highest BCUT2D eigenvalue weighted by Gasteiger charge is 2.08. The molecule has 3 rings (SSSR count). The summed E-state index contributed by atoms with van der Waals surface area (Å²) in [5.74, 6) is 0. The van der Waals surface area contributed by atoms with E-state index < -0.39 is 0 Å². The average molecular weight is 263 g/mol. The molecule has 0 saturated heterocycles. The van der Waals surface area contributed by atoms with Gasteiger partial charge in [-0.15, -0.1) is 0 Å². The van der Waals surface area contributed by atoms with Crippen LogP contribution in [0.3, 0.4) is 0 Å². The van der Waals surface area contributed by atoms with Crippen LogP contribution >= 0.6 is 22.9 Å². The molecular formula is C11H7ClN4S. The van der Waals surface area contributed by atoms with Gasteiger partial charge in [-0.2, -0.15) is 0 Å². The Labute approximate surface area is 106 Å². The van der Waals surface area contributed by atoms with Crippen molar-refractivity contribution in [3.8, 4) is 11.3 Å². The smallest absolute Gasteiger partial charge is 0.182 e. The van der Waals surface area contributed by atoms with Crippen LogP contribution in [0.25, 0.3) is 21.6 Å². The Morgan fingerprint density at radius 3 is 2.88 bits per heavy atom. The topological polar surface area (TPSA) is 64.7 Å². The van der Waals surface area contributed by atoms with Crippen molar-refractivity contribution < 1.29 is 0 Å². The Morgan fingerprint density at radius 1 is 1.18 bits per heavy atom. The summed E-state index contributed by atoms with van der Waals surface area (Å²) < 4.78 is 0. The lowest BCUT2D eigenvalue weighted by Gasteiger charge is -2.01. The zero-order valence-corrected chi connectivity index (χ0v) is 10.2. The molecule has 17 heavy (non-hydrogen) atoms. The number of halogens is 1. The molecule has 0 fully saturated rings. The molecule has 0 aliphatic heterocycles. The van der Waals surface area contributed by atoms with Gasteiger partial charge in [0.2, 0.25) is 0 Å². The van der Waals surface area contributed by atoms with E-state index in [2.05, 4.69) is 15.0 Å². The molecule has 0 spiro atoms. The molecule has 0 unspecified atom stereocenters. The number of fused-ring (bicyclic) bond motifs is 1. The first kappa shape index (κ1) is 10.4. The summed E-state index contributed by atoms with van der Waals surface area (Å²) in [4.78, 5) is 13.5. The predicted octanol–water partition coefficient (Wildman–Crippen LogP) is 2.99. The lowest BCUT2D eigenvalue weighted by atomic mass is 10.2. The monoisotopic (exact) mass is 262 g/mol. The largest absolute Gasteiger partial charge is 0.375 e. The molecule has 0 aliphatic carbocycles. The fraction of sp³-hybridized carbons (Fsp3) is 0. The van der Waals surface area contributed by atoms with Gasteiger partial charge in [-0.1, -0.05) is 22.9 Å². The second kappa shape index (κ2) is 3.94. The molecule has 0 bridgehead atoms. The van der Waals surface area contributed by atoms with E-state index in [0.29, 0.717) is 10.3 Å². The van der Waals surface area contributed by atoms with E-state index >= 15 is 0 Å². The minimum absolute atomic E-state index is 0.442. The van der Waals surface area contributed by atoms with Gasteiger partial charge in [-0.3, -0.25) is 0 Å². The maximum absolute atomic E-state index is 6.03. The van der Waals surface area contributed by atoms with Crippen molar-refractivity contribution >= 4 is 38.4 Å². The first-order valence-electron chi connectivity index (χ1n) is 4.88. The van der Waals surface area contributed by atoms with E-state index in [4.69, 9.17) is 17.3 Å². The van der Waals surface area contributed by atoms with E-state index in [1.807, 2.05) is 24.3 Å². The SMILES string of the molecule is Nc1nc2ccc(-c3cccnc3Cl)nc2s1. The summed E-state index contributed by atoms with van der Waals surface area (Å²) in [7, 11) is 0. The summed E-state index contributed by atoms with van der Waals surface area (Å²) in [5, 5.41) is 0.957. The molecule has 6 heteroatoms. The number of nitrogens with two attached hydrogens (primary N) is 1. The van der Waals surface area contributed by atoms with Crippen molar-refractivity contribution in [3.05, 3.63) is 35.6 Å². The molecule has 3 aromatic heterocycles. The van der Waals surface area contributed by atoms with E-state index in [-0.39, 0.29) is 0 Å². The third-order valence-electron chi connectivity index (χ3n) is 2.31. The van der Waals surface area contributed by atoms with Gasteiger partial charge in [0.1, 0.15) is 15.5 Å². The second-order valence-electron chi connectivity index (χ2n) is 3.41. The Kier molecular flexibility index (Phi) is 2.42. The first-order chi connectivity index (χ1) is 8.24. The molecule has 3 heterocycles. The molecule has 0 radical (unpaired) electrons. The molecular weight excluding hydrogens is 256 g/mol. The summed E-state index contributed by atoms with van der Waals surface area (Å²) in [6.07, 6.45) is 1.65. The fourth-order valence-corrected chi connectivity index (χ4v) is 2.48. The van der Waals surface area contributed by atoms with Gasteiger partial charge in [0.15, 0.2) is 5.13 Å². The quantitative estimate of drug-likeness (QED) is 0.685. The normalized spacial score (nSPS) is 10.9. The highest BCUT2D eigenvalue weighted by Crippen LogP contribution is 2.28. The molecule has 0 aliphatic rings. The van der Waals surface area contributed by atoms with Crippen LogP contribution in [0.4, 0.5) is 5.13 Å². The van der Waals surface area contributed by atoms with E-state index in [1.165, 1.54) is 11.3 Å². The standard InChI is InChI=1S/C11H7ClN4S/c12-9-6(2-1-5-14-9)7-3-4-8-10(15-7)17-11(13)16-8/h1-5H,(H2,13,16).